The molecule has 0 aromatic heterocycles. The molecule has 2 heteroatoms. The molecule has 2 nitrogen and oxygen atoms in total. The van der Waals surface area contributed by atoms with Crippen LogP contribution in [0.5, 0.6) is 0 Å². The van der Waals surface area contributed by atoms with E-state index < -0.39 is 0 Å². The minimum atomic E-state index is 0.0420. The summed E-state index contributed by atoms with van der Waals surface area (Å²) in [5, 5.41) is 0. The molecule has 0 aliphatic heterocycles. The Morgan fingerprint density at radius 3 is 1.42 bits per heavy atom. The zero-order valence-electron chi connectivity index (χ0n) is 22.0. The van der Waals surface area contributed by atoms with Crippen LogP contribution in [0.4, 0.5) is 0 Å². The Bertz CT molecular complexity index is 366. The van der Waals surface area contributed by atoms with Crippen LogP contribution in [0.2, 0.25) is 0 Å². The average molecular weight is 439 g/mol. The quantitative estimate of drug-likeness (QED) is 0.111. The van der Waals surface area contributed by atoms with Gasteiger partial charge in [0.1, 0.15) is 0 Å². The number of carbonyl (C=O) groups is 1. The number of hydrogen-bond acceptors (Lipinski definition) is 2. The minimum Gasteiger partial charge on any atom is -0.465 e. The zero-order valence-corrected chi connectivity index (χ0v) is 22.0. The molecule has 0 saturated carbocycles. The van der Waals surface area contributed by atoms with E-state index in [0.29, 0.717) is 12.5 Å². The number of unbranched alkanes of at least 4 members (excludes halogenated alkanes) is 15. The van der Waals surface area contributed by atoms with E-state index >= 15 is 0 Å². The van der Waals surface area contributed by atoms with E-state index in [4.69, 9.17) is 4.74 Å². The number of ether oxygens (including phenoxy) is 1. The van der Waals surface area contributed by atoms with E-state index in [1.807, 2.05) is 0 Å². The molecule has 2 unspecified atom stereocenters. The van der Waals surface area contributed by atoms with Crippen molar-refractivity contribution in [3.63, 3.8) is 0 Å². The molecule has 0 fully saturated rings. The molecule has 0 aliphatic carbocycles. The average Bonchev–Trinajstić information content (AvgIpc) is 2.78. The van der Waals surface area contributed by atoms with Gasteiger partial charge in [-0.3, -0.25) is 4.79 Å². The van der Waals surface area contributed by atoms with Gasteiger partial charge in [-0.2, -0.15) is 0 Å². The van der Waals surface area contributed by atoms with E-state index in [1.165, 1.54) is 128 Å². The van der Waals surface area contributed by atoms with Crippen LogP contribution in [0, 0.1) is 11.8 Å². The highest BCUT2D eigenvalue weighted by atomic mass is 16.5. The number of hydrogen-bond donors (Lipinski definition) is 0. The molecule has 0 amide bonds. The highest BCUT2D eigenvalue weighted by molar-refractivity contribution is 5.71. The number of rotatable bonds is 24. The maximum absolute atomic E-state index is 12.4. The largest absolute Gasteiger partial charge is 0.465 e. The van der Waals surface area contributed by atoms with Gasteiger partial charge in [-0.25, -0.2) is 0 Å². The van der Waals surface area contributed by atoms with Crippen molar-refractivity contribution in [3.05, 3.63) is 0 Å². The summed E-state index contributed by atoms with van der Waals surface area (Å²) in [5.41, 5.74) is 0. The van der Waals surface area contributed by atoms with Gasteiger partial charge < -0.3 is 4.74 Å². The Morgan fingerprint density at radius 1 is 0.548 bits per heavy atom. The van der Waals surface area contributed by atoms with Crippen LogP contribution in [0.1, 0.15) is 163 Å². The van der Waals surface area contributed by atoms with E-state index in [1.54, 1.807) is 0 Å². The summed E-state index contributed by atoms with van der Waals surface area (Å²) in [5.74, 6) is 0.676. The number of carbonyl (C=O) groups excluding carboxylic acids is 1. The Morgan fingerprint density at radius 2 is 0.935 bits per heavy atom. The van der Waals surface area contributed by atoms with Crippen LogP contribution in [0.15, 0.2) is 0 Å². The summed E-state index contributed by atoms with van der Waals surface area (Å²) in [6.45, 7) is 9.51. The molecule has 31 heavy (non-hydrogen) atoms. The van der Waals surface area contributed by atoms with Crippen molar-refractivity contribution in [3.8, 4) is 0 Å². The van der Waals surface area contributed by atoms with Crippen LogP contribution in [0.3, 0.4) is 0 Å². The van der Waals surface area contributed by atoms with Crippen molar-refractivity contribution >= 4 is 5.97 Å². The first kappa shape index (κ1) is 30.5. The molecule has 0 spiro atoms. The normalized spacial score (nSPS) is 13.3. The summed E-state index contributed by atoms with van der Waals surface area (Å²) in [4.78, 5) is 12.4. The molecule has 0 N–H and O–H groups in total. The lowest BCUT2D eigenvalue weighted by Crippen LogP contribution is -2.19. The number of esters is 1. The predicted molar refractivity (Wildman–Crippen MR) is 138 cm³/mol. The van der Waals surface area contributed by atoms with Crippen molar-refractivity contribution < 1.29 is 9.53 Å². The lowest BCUT2D eigenvalue weighted by atomic mass is 9.95. The zero-order chi connectivity index (χ0) is 23.0. The SMILES string of the molecule is CCCCCCCCCCC(CCCC)COC(=O)C(C)CCCCCCCCCC. The second kappa shape index (κ2) is 24.1. The van der Waals surface area contributed by atoms with Gasteiger partial charge in [0.05, 0.1) is 12.5 Å². The van der Waals surface area contributed by atoms with Gasteiger partial charge in [0.25, 0.3) is 0 Å². The fourth-order valence-corrected chi connectivity index (χ4v) is 4.42. The maximum Gasteiger partial charge on any atom is 0.308 e. The predicted octanol–water partition coefficient (Wildman–Crippen LogP) is 10.0. The first-order valence-electron chi connectivity index (χ1n) is 14.3. The van der Waals surface area contributed by atoms with Crippen molar-refractivity contribution in [2.24, 2.45) is 11.8 Å². The van der Waals surface area contributed by atoms with Gasteiger partial charge in [-0.1, -0.05) is 143 Å². The van der Waals surface area contributed by atoms with Crippen molar-refractivity contribution in [2.75, 3.05) is 6.61 Å². The Balaban J connectivity index is 3.87. The van der Waals surface area contributed by atoms with Crippen LogP contribution in [-0.4, -0.2) is 12.6 Å². The van der Waals surface area contributed by atoms with Crippen molar-refractivity contribution in [1.29, 1.82) is 0 Å². The minimum absolute atomic E-state index is 0.0420. The van der Waals surface area contributed by atoms with Crippen LogP contribution in [0.25, 0.3) is 0 Å². The molecule has 0 radical (unpaired) electrons. The summed E-state index contributed by atoms with van der Waals surface area (Å²) >= 11 is 0. The van der Waals surface area contributed by atoms with Gasteiger partial charge >= 0.3 is 5.97 Å². The second-order valence-corrected chi connectivity index (χ2v) is 10.1. The first-order chi connectivity index (χ1) is 15.2. The lowest BCUT2D eigenvalue weighted by Gasteiger charge is -2.18. The van der Waals surface area contributed by atoms with Crippen molar-refractivity contribution in [2.45, 2.75) is 163 Å². The molecule has 0 saturated heterocycles. The van der Waals surface area contributed by atoms with Gasteiger partial charge in [0.15, 0.2) is 0 Å². The highest BCUT2D eigenvalue weighted by Crippen LogP contribution is 2.20. The van der Waals surface area contributed by atoms with Crippen LogP contribution < -0.4 is 0 Å². The fourth-order valence-electron chi connectivity index (χ4n) is 4.42. The van der Waals surface area contributed by atoms with Gasteiger partial charge in [0, 0.05) is 0 Å². The molecule has 0 heterocycles. The molecule has 186 valence electrons. The van der Waals surface area contributed by atoms with Crippen LogP contribution in [-0.2, 0) is 9.53 Å². The maximum atomic E-state index is 12.4. The smallest absolute Gasteiger partial charge is 0.308 e. The second-order valence-electron chi connectivity index (χ2n) is 10.1. The van der Waals surface area contributed by atoms with E-state index in [-0.39, 0.29) is 11.9 Å². The van der Waals surface area contributed by atoms with Gasteiger partial charge in [-0.15, -0.1) is 0 Å². The van der Waals surface area contributed by atoms with Gasteiger partial charge in [0.2, 0.25) is 0 Å². The standard InChI is InChI=1S/C29H58O2/c1-5-8-11-13-15-17-19-21-23-27(4)29(30)31-26-28(24-10-7-3)25-22-20-18-16-14-12-9-6-2/h27-28H,5-26H2,1-4H3. The molecule has 0 aliphatic rings. The van der Waals surface area contributed by atoms with Crippen LogP contribution >= 0.6 is 0 Å². The Kier molecular flexibility index (Phi) is 23.7. The molecule has 0 aromatic rings. The molecular formula is C29H58O2. The van der Waals surface area contributed by atoms with E-state index in [2.05, 4.69) is 27.7 Å². The van der Waals surface area contributed by atoms with Crippen molar-refractivity contribution in [1.82, 2.24) is 0 Å². The Hall–Kier alpha value is -0.530. The summed E-state index contributed by atoms with van der Waals surface area (Å²) in [6.07, 6.45) is 27.4. The third-order valence-electron chi connectivity index (χ3n) is 6.79. The third-order valence-corrected chi connectivity index (χ3v) is 6.79. The van der Waals surface area contributed by atoms with Gasteiger partial charge in [-0.05, 0) is 25.2 Å². The molecule has 2 atom stereocenters. The first-order valence-corrected chi connectivity index (χ1v) is 14.3. The molecule has 0 bridgehead atoms. The summed E-state index contributed by atoms with van der Waals surface area (Å²) < 4.78 is 5.77. The summed E-state index contributed by atoms with van der Waals surface area (Å²) in [7, 11) is 0. The van der Waals surface area contributed by atoms with E-state index in [9.17, 15) is 4.79 Å². The lowest BCUT2D eigenvalue weighted by molar-refractivity contribution is -0.149. The topological polar surface area (TPSA) is 26.3 Å². The summed E-state index contributed by atoms with van der Waals surface area (Å²) in [6, 6.07) is 0. The fraction of sp³-hybridized carbons (Fsp3) is 0.966. The monoisotopic (exact) mass is 438 g/mol. The molecule has 0 rings (SSSR count). The third kappa shape index (κ3) is 21.1. The molecular weight excluding hydrogens is 380 g/mol. The van der Waals surface area contributed by atoms with E-state index in [0.717, 1.165) is 6.42 Å². The molecule has 0 aromatic carbocycles. The Labute approximate surface area is 196 Å². The highest BCUT2D eigenvalue weighted by Gasteiger charge is 2.17.